The van der Waals surface area contributed by atoms with Crippen LogP contribution in [0, 0.1) is 22.7 Å². The van der Waals surface area contributed by atoms with E-state index < -0.39 is 0 Å². The Kier molecular flexibility index (Phi) is 2.95. The molecule has 0 spiro atoms. The van der Waals surface area contributed by atoms with Gasteiger partial charge >= 0.3 is 0 Å². The van der Waals surface area contributed by atoms with Gasteiger partial charge < -0.3 is 0 Å². The van der Waals surface area contributed by atoms with E-state index in [-0.39, 0.29) is 26.5 Å². The highest BCUT2D eigenvalue weighted by molar-refractivity contribution is 6.39. The summed E-state index contributed by atoms with van der Waals surface area (Å²) in [6, 6.07) is 3.46. The van der Waals surface area contributed by atoms with E-state index in [2.05, 4.69) is 4.98 Å². The zero-order valence-corrected chi connectivity index (χ0v) is 8.24. The summed E-state index contributed by atoms with van der Waals surface area (Å²) >= 11 is 16.8. The highest BCUT2D eigenvalue weighted by Crippen LogP contribution is 2.29. The van der Waals surface area contributed by atoms with Crippen molar-refractivity contribution in [2.45, 2.75) is 0 Å². The van der Waals surface area contributed by atoms with Crippen LogP contribution in [-0.2, 0) is 0 Å². The second-order valence-corrected chi connectivity index (χ2v) is 3.08. The van der Waals surface area contributed by atoms with Crippen molar-refractivity contribution in [3.05, 3.63) is 26.5 Å². The van der Waals surface area contributed by atoms with E-state index in [1.165, 1.54) is 0 Å². The Balaban J connectivity index is 3.63. The standard InChI is InChI=1S/C7Cl3N3/c8-5-3(1-11)6(9)13-7(10)4(5)2-12. The third-order valence-corrected chi connectivity index (χ3v) is 2.20. The number of pyridine rings is 1. The van der Waals surface area contributed by atoms with Gasteiger partial charge in [0, 0.05) is 0 Å². The second-order valence-electron chi connectivity index (χ2n) is 1.98. The molecule has 0 aromatic carbocycles. The predicted molar refractivity (Wildman–Crippen MR) is 48.7 cm³/mol. The van der Waals surface area contributed by atoms with Crippen LogP contribution in [0.25, 0.3) is 0 Å². The van der Waals surface area contributed by atoms with E-state index in [0.29, 0.717) is 0 Å². The van der Waals surface area contributed by atoms with Gasteiger partial charge in [0.25, 0.3) is 0 Å². The second kappa shape index (κ2) is 3.81. The molecular formula is C7Cl3N3. The van der Waals surface area contributed by atoms with Crippen LogP contribution in [-0.4, -0.2) is 4.98 Å². The van der Waals surface area contributed by atoms with Crippen LogP contribution >= 0.6 is 34.8 Å². The maximum atomic E-state index is 8.60. The number of aromatic nitrogens is 1. The van der Waals surface area contributed by atoms with Crippen molar-refractivity contribution < 1.29 is 0 Å². The lowest BCUT2D eigenvalue weighted by molar-refractivity contribution is 1.28. The van der Waals surface area contributed by atoms with E-state index in [1.54, 1.807) is 12.1 Å². The predicted octanol–water partition coefficient (Wildman–Crippen LogP) is 2.79. The molecule has 6 heteroatoms. The van der Waals surface area contributed by atoms with Crippen molar-refractivity contribution in [3.63, 3.8) is 0 Å². The first-order valence-electron chi connectivity index (χ1n) is 2.96. The van der Waals surface area contributed by atoms with Crippen LogP contribution in [0.3, 0.4) is 0 Å². The van der Waals surface area contributed by atoms with E-state index in [4.69, 9.17) is 45.3 Å². The van der Waals surface area contributed by atoms with Crippen molar-refractivity contribution in [1.82, 2.24) is 4.98 Å². The molecule has 0 aliphatic heterocycles. The summed E-state index contributed by atoms with van der Waals surface area (Å²) in [5, 5.41) is 16.9. The SMILES string of the molecule is N#Cc1c(Cl)nc(Cl)c(C#N)c1Cl. The molecular weight excluding hydrogens is 232 g/mol. The molecule has 13 heavy (non-hydrogen) atoms. The number of hydrogen-bond acceptors (Lipinski definition) is 3. The molecule has 0 amide bonds. The first-order chi connectivity index (χ1) is 6.11. The van der Waals surface area contributed by atoms with Crippen LogP contribution in [0.15, 0.2) is 0 Å². The van der Waals surface area contributed by atoms with E-state index in [9.17, 15) is 0 Å². The molecule has 0 aliphatic rings. The van der Waals surface area contributed by atoms with Crippen LogP contribution in [0.2, 0.25) is 15.3 Å². The number of nitrogens with zero attached hydrogens (tertiary/aromatic N) is 3. The maximum absolute atomic E-state index is 8.60. The third-order valence-electron chi connectivity index (χ3n) is 1.27. The van der Waals surface area contributed by atoms with Crippen LogP contribution < -0.4 is 0 Å². The van der Waals surface area contributed by atoms with E-state index >= 15 is 0 Å². The lowest BCUT2D eigenvalue weighted by Crippen LogP contribution is -1.91. The molecule has 0 N–H and O–H groups in total. The molecule has 0 saturated heterocycles. The van der Waals surface area contributed by atoms with Crippen LogP contribution in [0.4, 0.5) is 0 Å². The van der Waals surface area contributed by atoms with Gasteiger partial charge in [-0.3, -0.25) is 0 Å². The third kappa shape index (κ3) is 1.68. The lowest BCUT2D eigenvalue weighted by Gasteiger charge is -2.00. The molecule has 0 atom stereocenters. The molecule has 1 heterocycles. The molecule has 0 bridgehead atoms. The Morgan fingerprint density at radius 3 is 1.62 bits per heavy atom. The average Bonchev–Trinajstić information content (AvgIpc) is 2.04. The van der Waals surface area contributed by atoms with Crippen molar-refractivity contribution in [2.75, 3.05) is 0 Å². The summed E-state index contributed by atoms with van der Waals surface area (Å²) < 4.78 is 0. The molecule has 1 rings (SSSR count). The number of rotatable bonds is 0. The Labute approximate surface area is 89.1 Å². The molecule has 3 nitrogen and oxygen atoms in total. The zero-order valence-electron chi connectivity index (χ0n) is 5.98. The van der Waals surface area contributed by atoms with Gasteiger partial charge in [-0.15, -0.1) is 0 Å². The van der Waals surface area contributed by atoms with Crippen molar-refractivity contribution in [3.8, 4) is 12.1 Å². The van der Waals surface area contributed by atoms with Crippen LogP contribution in [0.1, 0.15) is 11.1 Å². The fourth-order valence-electron chi connectivity index (χ4n) is 0.695. The van der Waals surface area contributed by atoms with E-state index in [0.717, 1.165) is 0 Å². The smallest absolute Gasteiger partial charge is 0.150 e. The minimum Gasteiger partial charge on any atom is -0.221 e. The highest BCUT2D eigenvalue weighted by Gasteiger charge is 2.15. The van der Waals surface area contributed by atoms with Gasteiger partial charge in [0.15, 0.2) is 0 Å². The van der Waals surface area contributed by atoms with Gasteiger partial charge in [-0.1, -0.05) is 34.8 Å². The normalized spacial score (nSPS) is 9.00. The Morgan fingerprint density at radius 2 is 1.31 bits per heavy atom. The maximum Gasteiger partial charge on any atom is 0.150 e. The van der Waals surface area contributed by atoms with Gasteiger partial charge in [0.1, 0.15) is 33.6 Å². The summed E-state index contributed by atoms with van der Waals surface area (Å²) in [5.74, 6) is 0. The molecule has 0 fully saturated rings. The van der Waals surface area contributed by atoms with Gasteiger partial charge in [-0.25, -0.2) is 4.98 Å². The van der Waals surface area contributed by atoms with Gasteiger partial charge in [-0.05, 0) is 0 Å². The van der Waals surface area contributed by atoms with Gasteiger partial charge in [0.2, 0.25) is 0 Å². The molecule has 1 aromatic heterocycles. The first-order valence-corrected chi connectivity index (χ1v) is 4.10. The summed E-state index contributed by atoms with van der Waals surface area (Å²) in [7, 11) is 0. The Hall–Kier alpha value is -1.00. The fourth-order valence-corrected chi connectivity index (χ4v) is 1.54. The molecule has 64 valence electrons. The van der Waals surface area contributed by atoms with Crippen molar-refractivity contribution in [2.24, 2.45) is 0 Å². The quantitative estimate of drug-likeness (QED) is 0.646. The Morgan fingerprint density at radius 1 is 0.923 bits per heavy atom. The summed E-state index contributed by atoms with van der Waals surface area (Å²) in [6.07, 6.45) is 0. The topological polar surface area (TPSA) is 60.5 Å². The fraction of sp³-hybridized carbons (Fsp3) is 0. The molecule has 0 aliphatic carbocycles. The number of halogens is 3. The lowest BCUT2D eigenvalue weighted by atomic mass is 10.2. The summed E-state index contributed by atoms with van der Waals surface area (Å²) in [4.78, 5) is 3.58. The molecule has 1 aromatic rings. The van der Waals surface area contributed by atoms with Gasteiger partial charge in [0.05, 0.1) is 5.02 Å². The highest BCUT2D eigenvalue weighted by atomic mass is 35.5. The number of nitriles is 2. The Bertz CT molecular complexity index is 404. The summed E-state index contributed by atoms with van der Waals surface area (Å²) in [6.45, 7) is 0. The monoisotopic (exact) mass is 231 g/mol. The summed E-state index contributed by atoms with van der Waals surface area (Å²) in [5.41, 5.74) is -0.0754. The minimum absolute atomic E-state index is 0.0377. The molecule has 0 radical (unpaired) electrons. The molecule has 0 saturated carbocycles. The average molecular weight is 232 g/mol. The van der Waals surface area contributed by atoms with Crippen molar-refractivity contribution in [1.29, 1.82) is 10.5 Å². The first kappa shape index (κ1) is 10.1. The minimum atomic E-state index is -0.100. The van der Waals surface area contributed by atoms with Crippen LogP contribution in [0.5, 0.6) is 0 Å². The van der Waals surface area contributed by atoms with E-state index in [1.807, 2.05) is 0 Å². The van der Waals surface area contributed by atoms with Crippen molar-refractivity contribution >= 4 is 34.8 Å². The van der Waals surface area contributed by atoms with Gasteiger partial charge in [-0.2, -0.15) is 10.5 Å². The molecule has 0 unspecified atom stereocenters. The zero-order chi connectivity index (χ0) is 10.0. The number of hydrogen-bond donors (Lipinski definition) is 0. The largest absolute Gasteiger partial charge is 0.221 e.